The summed E-state index contributed by atoms with van der Waals surface area (Å²) in [5, 5.41) is 12.0. The molecule has 2 aromatic carbocycles. The molecule has 1 aliphatic rings. The highest BCUT2D eigenvalue weighted by Crippen LogP contribution is 2.49. The molecule has 0 aromatic heterocycles. The Bertz CT molecular complexity index is 701. The smallest absolute Gasteiger partial charge is 0.225 e. The van der Waals surface area contributed by atoms with Crippen molar-refractivity contribution in [2.24, 2.45) is 4.99 Å². The monoisotopic (exact) mass is 357 g/mol. The minimum absolute atomic E-state index is 0.299. The Labute approximate surface area is 152 Å². The maximum Gasteiger partial charge on any atom is 0.225 e. The van der Waals surface area contributed by atoms with Crippen LogP contribution in [-0.4, -0.2) is 35.4 Å². The molecule has 1 aliphatic heterocycles. The lowest BCUT2D eigenvalue weighted by atomic mass is 10.0. The average molecular weight is 357 g/mol. The van der Waals surface area contributed by atoms with Crippen LogP contribution in [0.2, 0.25) is 0 Å². The van der Waals surface area contributed by atoms with Gasteiger partial charge in [0.25, 0.3) is 0 Å². The van der Waals surface area contributed by atoms with Crippen molar-refractivity contribution in [3.63, 3.8) is 0 Å². The van der Waals surface area contributed by atoms with E-state index in [-0.39, 0.29) is 5.25 Å². The van der Waals surface area contributed by atoms with Crippen molar-refractivity contribution in [1.29, 1.82) is 0 Å². The number of rotatable bonds is 7. The van der Waals surface area contributed by atoms with E-state index in [0.29, 0.717) is 13.2 Å². The van der Waals surface area contributed by atoms with Crippen LogP contribution in [0.5, 0.6) is 0 Å². The van der Waals surface area contributed by atoms with Crippen molar-refractivity contribution in [2.45, 2.75) is 31.1 Å². The van der Waals surface area contributed by atoms with E-state index in [1.807, 2.05) is 74.5 Å². The Balaban J connectivity index is 2.02. The predicted octanol–water partition coefficient (Wildman–Crippen LogP) is 4.01. The maximum atomic E-state index is 11.5. The SMILES string of the molecule is CCOC(OCC)C1(O)N=C(c2ccccc2)SC1c1ccccc1. The number of thioether (sulfide) groups is 1. The van der Waals surface area contributed by atoms with Crippen LogP contribution in [0, 0.1) is 0 Å². The van der Waals surface area contributed by atoms with Crippen LogP contribution in [-0.2, 0) is 9.47 Å². The number of aliphatic imine (C=N–C) groups is 1. The summed E-state index contributed by atoms with van der Waals surface area (Å²) in [5.41, 5.74) is 0.494. The second kappa shape index (κ2) is 8.15. The number of ether oxygens (including phenoxy) is 2. The van der Waals surface area contributed by atoms with Gasteiger partial charge >= 0.3 is 0 Å². The first kappa shape index (κ1) is 18.1. The lowest BCUT2D eigenvalue weighted by Gasteiger charge is -2.34. The fourth-order valence-electron chi connectivity index (χ4n) is 2.87. The lowest BCUT2D eigenvalue weighted by Crippen LogP contribution is -2.46. The van der Waals surface area contributed by atoms with E-state index in [9.17, 15) is 5.11 Å². The molecule has 5 heteroatoms. The van der Waals surface area contributed by atoms with Crippen LogP contribution in [0.4, 0.5) is 0 Å². The first-order valence-electron chi connectivity index (χ1n) is 8.51. The number of hydrogen-bond donors (Lipinski definition) is 1. The molecular formula is C20H23NO3S. The van der Waals surface area contributed by atoms with Gasteiger partial charge in [0.2, 0.25) is 12.0 Å². The molecule has 0 saturated carbocycles. The third kappa shape index (κ3) is 3.80. The van der Waals surface area contributed by atoms with Gasteiger partial charge < -0.3 is 14.6 Å². The molecule has 1 heterocycles. The summed E-state index contributed by atoms with van der Waals surface area (Å²) < 4.78 is 11.4. The zero-order valence-corrected chi connectivity index (χ0v) is 15.3. The van der Waals surface area contributed by atoms with Crippen molar-refractivity contribution < 1.29 is 14.6 Å². The standard InChI is InChI=1S/C20H23NO3S/c1-3-23-19(24-4-2)20(22)17(15-11-7-5-8-12-15)25-18(21-20)16-13-9-6-10-14-16/h5-14,17,19,22H,3-4H2,1-2H3. The van der Waals surface area contributed by atoms with Gasteiger partial charge in [-0.1, -0.05) is 72.4 Å². The second-order valence-electron chi connectivity index (χ2n) is 5.72. The van der Waals surface area contributed by atoms with E-state index in [1.54, 1.807) is 11.8 Å². The highest BCUT2D eigenvalue weighted by molar-refractivity contribution is 8.15. The molecular weight excluding hydrogens is 334 g/mol. The molecule has 2 atom stereocenters. The molecule has 0 aliphatic carbocycles. The summed E-state index contributed by atoms with van der Waals surface area (Å²) in [4.78, 5) is 4.67. The van der Waals surface area contributed by atoms with Crippen LogP contribution < -0.4 is 0 Å². The van der Waals surface area contributed by atoms with Gasteiger partial charge in [0, 0.05) is 18.8 Å². The molecule has 2 aromatic rings. The summed E-state index contributed by atoms with van der Waals surface area (Å²) >= 11 is 1.54. The van der Waals surface area contributed by atoms with Gasteiger partial charge in [-0.2, -0.15) is 0 Å². The van der Waals surface area contributed by atoms with Crippen molar-refractivity contribution >= 4 is 16.8 Å². The van der Waals surface area contributed by atoms with Crippen molar-refractivity contribution in [3.8, 4) is 0 Å². The first-order valence-corrected chi connectivity index (χ1v) is 9.39. The molecule has 3 rings (SSSR count). The van der Waals surface area contributed by atoms with Gasteiger partial charge in [0.05, 0.1) is 5.25 Å². The molecule has 0 spiro atoms. The van der Waals surface area contributed by atoms with Gasteiger partial charge in [0.1, 0.15) is 5.04 Å². The summed E-state index contributed by atoms with van der Waals surface area (Å²) in [7, 11) is 0. The fourth-order valence-corrected chi connectivity index (χ4v) is 4.20. The molecule has 0 saturated heterocycles. The summed E-state index contributed by atoms with van der Waals surface area (Å²) in [6.07, 6.45) is -0.818. The highest BCUT2D eigenvalue weighted by Gasteiger charge is 2.51. The number of hydrogen-bond acceptors (Lipinski definition) is 5. The molecule has 1 N–H and O–H groups in total. The Hall–Kier alpha value is -1.66. The van der Waals surface area contributed by atoms with Crippen LogP contribution in [0.15, 0.2) is 65.7 Å². The Morgan fingerprint density at radius 2 is 1.56 bits per heavy atom. The van der Waals surface area contributed by atoms with Crippen LogP contribution in [0.1, 0.15) is 30.2 Å². The average Bonchev–Trinajstić information content (AvgIpc) is 3.02. The summed E-state index contributed by atoms with van der Waals surface area (Å²) in [5.74, 6) is 0. The van der Waals surface area contributed by atoms with Gasteiger partial charge in [-0.05, 0) is 19.4 Å². The number of aliphatic hydroxyl groups is 1. The van der Waals surface area contributed by atoms with Crippen molar-refractivity contribution in [2.75, 3.05) is 13.2 Å². The van der Waals surface area contributed by atoms with E-state index in [4.69, 9.17) is 9.47 Å². The zero-order chi connectivity index (χ0) is 17.7. The molecule has 0 fully saturated rings. The van der Waals surface area contributed by atoms with Crippen LogP contribution >= 0.6 is 11.8 Å². The minimum Gasteiger partial charge on any atom is -0.364 e. The van der Waals surface area contributed by atoms with Gasteiger partial charge in [-0.3, -0.25) is 0 Å². The molecule has 132 valence electrons. The van der Waals surface area contributed by atoms with Gasteiger partial charge in [-0.15, -0.1) is 0 Å². The van der Waals surface area contributed by atoms with E-state index in [1.165, 1.54) is 0 Å². The highest BCUT2D eigenvalue weighted by atomic mass is 32.2. The van der Waals surface area contributed by atoms with E-state index in [2.05, 4.69) is 4.99 Å². The largest absolute Gasteiger partial charge is 0.364 e. The Morgan fingerprint density at radius 3 is 2.12 bits per heavy atom. The predicted molar refractivity (Wildman–Crippen MR) is 102 cm³/mol. The summed E-state index contributed by atoms with van der Waals surface area (Å²) in [6, 6.07) is 19.8. The van der Waals surface area contributed by atoms with Crippen LogP contribution in [0.3, 0.4) is 0 Å². The topological polar surface area (TPSA) is 51.0 Å². The molecule has 25 heavy (non-hydrogen) atoms. The van der Waals surface area contributed by atoms with E-state index in [0.717, 1.165) is 16.2 Å². The third-order valence-corrected chi connectivity index (χ3v) is 5.41. The molecule has 0 amide bonds. The number of benzene rings is 2. The van der Waals surface area contributed by atoms with E-state index >= 15 is 0 Å². The minimum atomic E-state index is -1.48. The normalized spacial score (nSPS) is 23.0. The Kier molecular flexibility index (Phi) is 5.91. The van der Waals surface area contributed by atoms with Crippen LogP contribution in [0.25, 0.3) is 0 Å². The molecule has 0 bridgehead atoms. The third-order valence-electron chi connectivity index (χ3n) is 4.00. The lowest BCUT2D eigenvalue weighted by molar-refractivity contribution is -0.231. The van der Waals surface area contributed by atoms with Gasteiger partial charge in [0.15, 0.2) is 0 Å². The van der Waals surface area contributed by atoms with Crippen molar-refractivity contribution in [3.05, 3.63) is 71.8 Å². The van der Waals surface area contributed by atoms with E-state index < -0.39 is 12.0 Å². The second-order valence-corrected chi connectivity index (χ2v) is 6.81. The molecule has 4 nitrogen and oxygen atoms in total. The quantitative estimate of drug-likeness (QED) is 0.761. The molecule has 0 radical (unpaired) electrons. The first-order chi connectivity index (χ1) is 12.2. The number of nitrogens with zero attached hydrogens (tertiary/aromatic N) is 1. The summed E-state index contributed by atoms with van der Waals surface area (Å²) in [6.45, 7) is 4.65. The Morgan fingerprint density at radius 1 is 1.00 bits per heavy atom. The molecule has 2 unspecified atom stereocenters. The fraction of sp³-hybridized carbons (Fsp3) is 0.350. The zero-order valence-electron chi connectivity index (χ0n) is 14.5. The van der Waals surface area contributed by atoms with Gasteiger partial charge in [-0.25, -0.2) is 4.99 Å². The maximum absolute atomic E-state index is 11.5. The van der Waals surface area contributed by atoms with Crippen molar-refractivity contribution in [1.82, 2.24) is 0 Å².